The van der Waals surface area contributed by atoms with E-state index in [1.165, 1.54) is 11.8 Å². The minimum Gasteiger partial charge on any atom is -0.506 e. The van der Waals surface area contributed by atoms with Gasteiger partial charge in [-0.3, -0.25) is 9.97 Å². The summed E-state index contributed by atoms with van der Waals surface area (Å²) in [7, 11) is 0. The number of aryl methyl sites for hydroxylation is 1. The average Bonchev–Trinajstić information content (AvgIpc) is 2.41. The minimum atomic E-state index is 0.191. The molecule has 0 spiro atoms. The summed E-state index contributed by atoms with van der Waals surface area (Å²) in [6.07, 6.45) is 4.26. The number of rotatable bonds is 5. The zero-order valence-corrected chi connectivity index (χ0v) is 10.4. The van der Waals surface area contributed by atoms with Gasteiger partial charge in [-0.2, -0.15) is 0 Å². The second-order valence-electron chi connectivity index (χ2n) is 4.07. The summed E-state index contributed by atoms with van der Waals surface area (Å²) in [5.41, 5.74) is 3.25. The van der Waals surface area contributed by atoms with Crippen LogP contribution in [0.25, 0.3) is 0 Å². The molecule has 4 heteroatoms. The lowest BCUT2D eigenvalue weighted by atomic mass is 10.1. The maximum Gasteiger partial charge on any atom is 0.133 e. The third kappa shape index (κ3) is 3.28. The Morgan fingerprint density at radius 1 is 1.17 bits per heavy atom. The number of hydrogen-bond donors (Lipinski definition) is 2. The first-order valence-electron chi connectivity index (χ1n) is 6.07. The summed E-state index contributed by atoms with van der Waals surface area (Å²) in [5.74, 6) is 0.191. The minimum absolute atomic E-state index is 0.191. The van der Waals surface area contributed by atoms with E-state index in [0.29, 0.717) is 6.54 Å². The standard InChI is InChI=1S/C14H17N3O/c1-2-11-4-3-7-16-14(11)10-15-8-12-5-6-13(18)9-17-12/h3-7,9,15,18H,2,8,10H2,1H3. The van der Waals surface area contributed by atoms with Crippen molar-refractivity contribution in [1.82, 2.24) is 15.3 Å². The third-order valence-electron chi connectivity index (χ3n) is 2.77. The molecule has 0 unspecified atom stereocenters. The fraction of sp³-hybridized carbons (Fsp3) is 0.286. The van der Waals surface area contributed by atoms with Crippen LogP contribution in [0.2, 0.25) is 0 Å². The molecule has 0 radical (unpaired) electrons. The normalized spacial score (nSPS) is 10.5. The van der Waals surface area contributed by atoms with Crippen LogP contribution in [0.4, 0.5) is 0 Å². The summed E-state index contributed by atoms with van der Waals surface area (Å²) in [6, 6.07) is 7.51. The topological polar surface area (TPSA) is 58.0 Å². The van der Waals surface area contributed by atoms with E-state index in [-0.39, 0.29) is 5.75 Å². The zero-order valence-electron chi connectivity index (χ0n) is 10.4. The maximum atomic E-state index is 9.14. The van der Waals surface area contributed by atoms with Crippen molar-refractivity contribution in [3.63, 3.8) is 0 Å². The van der Waals surface area contributed by atoms with Gasteiger partial charge < -0.3 is 10.4 Å². The van der Waals surface area contributed by atoms with Crippen LogP contribution in [-0.2, 0) is 19.5 Å². The Hall–Kier alpha value is -1.94. The van der Waals surface area contributed by atoms with Crippen molar-refractivity contribution in [3.05, 3.63) is 53.6 Å². The highest BCUT2D eigenvalue weighted by Crippen LogP contribution is 2.07. The smallest absolute Gasteiger partial charge is 0.133 e. The zero-order chi connectivity index (χ0) is 12.8. The van der Waals surface area contributed by atoms with Crippen LogP contribution in [0.1, 0.15) is 23.9 Å². The summed E-state index contributed by atoms with van der Waals surface area (Å²) in [6.45, 7) is 3.52. The second-order valence-corrected chi connectivity index (χ2v) is 4.07. The highest BCUT2D eigenvalue weighted by atomic mass is 16.3. The highest BCUT2D eigenvalue weighted by Gasteiger charge is 2.01. The van der Waals surface area contributed by atoms with Gasteiger partial charge in [-0.15, -0.1) is 0 Å². The van der Waals surface area contributed by atoms with Crippen molar-refractivity contribution in [2.24, 2.45) is 0 Å². The molecule has 0 saturated heterocycles. The van der Waals surface area contributed by atoms with Crippen LogP contribution in [0.5, 0.6) is 5.75 Å². The quantitative estimate of drug-likeness (QED) is 0.843. The van der Waals surface area contributed by atoms with Gasteiger partial charge in [0.05, 0.1) is 17.6 Å². The summed E-state index contributed by atoms with van der Waals surface area (Å²) in [5, 5.41) is 12.4. The van der Waals surface area contributed by atoms with Crippen LogP contribution in [-0.4, -0.2) is 15.1 Å². The third-order valence-corrected chi connectivity index (χ3v) is 2.77. The molecule has 94 valence electrons. The Labute approximate surface area is 107 Å². The Bertz CT molecular complexity index is 497. The fourth-order valence-electron chi connectivity index (χ4n) is 1.78. The molecule has 2 aromatic rings. The molecular weight excluding hydrogens is 226 g/mol. The van der Waals surface area contributed by atoms with Gasteiger partial charge in [0.25, 0.3) is 0 Å². The van der Waals surface area contributed by atoms with Crippen molar-refractivity contribution in [2.45, 2.75) is 26.4 Å². The second kappa shape index (κ2) is 6.12. The molecule has 2 N–H and O–H groups in total. The number of aromatic hydroxyl groups is 1. The van der Waals surface area contributed by atoms with Crippen molar-refractivity contribution < 1.29 is 5.11 Å². The number of nitrogens with one attached hydrogen (secondary N) is 1. The Balaban J connectivity index is 1.90. The van der Waals surface area contributed by atoms with E-state index in [2.05, 4.69) is 28.3 Å². The summed E-state index contributed by atoms with van der Waals surface area (Å²) < 4.78 is 0. The number of aromatic nitrogens is 2. The summed E-state index contributed by atoms with van der Waals surface area (Å²) in [4.78, 5) is 8.49. The SMILES string of the molecule is CCc1cccnc1CNCc1ccc(O)cn1. The van der Waals surface area contributed by atoms with Crippen LogP contribution in [0.3, 0.4) is 0 Å². The molecule has 2 aromatic heterocycles. The molecular formula is C14H17N3O. The van der Waals surface area contributed by atoms with Gasteiger partial charge in [-0.1, -0.05) is 13.0 Å². The van der Waals surface area contributed by atoms with Gasteiger partial charge in [0.1, 0.15) is 5.75 Å². The molecule has 0 fully saturated rings. The molecule has 0 atom stereocenters. The lowest BCUT2D eigenvalue weighted by Gasteiger charge is -2.07. The lowest BCUT2D eigenvalue weighted by Crippen LogP contribution is -2.15. The van der Waals surface area contributed by atoms with Gasteiger partial charge in [0, 0.05) is 19.3 Å². The van der Waals surface area contributed by atoms with E-state index in [9.17, 15) is 0 Å². The Morgan fingerprint density at radius 3 is 2.78 bits per heavy atom. The molecule has 2 heterocycles. The Kier molecular flexibility index (Phi) is 4.25. The van der Waals surface area contributed by atoms with Crippen molar-refractivity contribution in [3.8, 4) is 5.75 Å². The molecule has 0 saturated carbocycles. The highest BCUT2D eigenvalue weighted by molar-refractivity contribution is 5.20. The van der Waals surface area contributed by atoms with Crippen LogP contribution < -0.4 is 5.32 Å². The van der Waals surface area contributed by atoms with E-state index < -0.39 is 0 Å². The van der Waals surface area contributed by atoms with Gasteiger partial charge in [0.2, 0.25) is 0 Å². The molecule has 2 rings (SSSR count). The molecule has 4 nitrogen and oxygen atoms in total. The van der Waals surface area contributed by atoms with E-state index in [1.54, 1.807) is 6.07 Å². The predicted molar refractivity (Wildman–Crippen MR) is 70.1 cm³/mol. The Morgan fingerprint density at radius 2 is 2.06 bits per heavy atom. The molecule has 18 heavy (non-hydrogen) atoms. The van der Waals surface area contributed by atoms with Gasteiger partial charge >= 0.3 is 0 Å². The molecule has 0 amide bonds. The number of pyridine rings is 2. The average molecular weight is 243 g/mol. The van der Waals surface area contributed by atoms with E-state index in [4.69, 9.17) is 5.11 Å². The fourth-order valence-corrected chi connectivity index (χ4v) is 1.78. The van der Waals surface area contributed by atoms with E-state index in [1.807, 2.05) is 18.3 Å². The number of nitrogens with zero attached hydrogens (tertiary/aromatic N) is 2. The van der Waals surface area contributed by atoms with Crippen molar-refractivity contribution in [2.75, 3.05) is 0 Å². The molecule has 0 aromatic carbocycles. The van der Waals surface area contributed by atoms with Crippen molar-refractivity contribution in [1.29, 1.82) is 0 Å². The number of hydrogen-bond acceptors (Lipinski definition) is 4. The molecule has 0 aliphatic rings. The van der Waals surface area contributed by atoms with Gasteiger partial charge in [-0.05, 0) is 30.2 Å². The monoisotopic (exact) mass is 243 g/mol. The summed E-state index contributed by atoms with van der Waals surface area (Å²) >= 11 is 0. The van der Waals surface area contributed by atoms with E-state index >= 15 is 0 Å². The van der Waals surface area contributed by atoms with Gasteiger partial charge in [-0.25, -0.2) is 0 Å². The van der Waals surface area contributed by atoms with Crippen LogP contribution in [0.15, 0.2) is 36.7 Å². The molecule has 0 aliphatic carbocycles. The van der Waals surface area contributed by atoms with Crippen molar-refractivity contribution >= 4 is 0 Å². The van der Waals surface area contributed by atoms with Gasteiger partial charge in [0.15, 0.2) is 0 Å². The van der Waals surface area contributed by atoms with E-state index in [0.717, 1.165) is 24.4 Å². The first-order chi connectivity index (χ1) is 8.79. The van der Waals surface area contributed by atoms with Crippen LogP contribution >= 0.6 is 0 Å². The maximum absolute atomic E-state index is 9.14. The largest absolute Gasteiger partial charge is 0.506 e. The predicted octanol–water partition coefficient (Wildman–Crippen LogP) is 2.03. The first-order valence-corrected chi connectivity index (χ1v) is 6.07. The van der Waals surface area contributed by atoms with Crippen LogP contribution in [0, 0.1) is 0 Å². The lowest BCUT2D eigenvalue weighted by molar-refractivity contribution is 0.471. The molecule has 0 bridgehead atoms. The first kappa shape index (κ1) is 12.5. The molecule has 0 aliphatic heterocycles.